The van der Waals surface area contributed by atoms with Crippen LogP contribution in [0.1, 0.15) is 94.6 Å². The molecule has 0 amide bonds. The van der Waals surface area contributed by atoms with Crippen molar-refractivity contribution >= 4 is 17.8 Å². The number of ketones is 1. The maximum absolute atomic E-state index is 13.3. The number of benzene rings is 3. The van der Waals surface area contributed by atoms with Gasteiger partial charge in [-0.15, -0.1) is 0 Å². The number of carboxylic acid groups (broad SMARTS) is 1. The molecule has 0 fully saturated rings. The lowest BCUT2D eigenvalue weighted by Crippen LogP contribution is -2.35. The van der Waals surface area contributed by atoms with Crippen LogP contribution < -0.4 is 0 Å². The highest BCUT2D eigenvalue weighted by Crippen LogP contribution is 2.47. The van der Waals surface area contributed by atoms with Crippen LogP contribution in [-0.4, -0.2) is 16.9 Å². The summed E-state index contributed by atoms with van der Waals surface area (Å²) in [6.45, 7) is 11.4. The third kappa shape index (κ3) is 5.51. The SMILES string of the molecule is Cc1ccc(CCc2cc(C(=O)C=Cc3ccc(C(=O)O)cc3)cc3c2C(C)(C)CCC3(C)C)cc1. The number of carbonyl (C=O) groups excluding carboxylic acids is 1. The Bertz CT molecular complexity index is 1310. The van der Waals surface area contributed by atoms with Gasteiger partial charge in [-0.05, 0) is 102 Å². The van der Waals surface area contributed by atoms with Crippen LogP contribution in [0.2, 0.25) is 0 Å². The minimum atomic E-state index is -0.959. The predicted octanol–water partition coefficient (Wildman–Crippen LogP) is 7.72. The average Bonchev–Trinajstić information content (AvgIpc) is 2.85. The molecule has 3 nitrogen and oxygen atoms in total. The summed E-state index contributed by atoms with van der Waals surface area (Å²) in [6.07, 6.45) is 7.41. The van der Waals surface area contributed by atoms with Crippen molar-refractivity contribution in [1.29, 1.82) is 0 Å². The Labute approximate surface area is 214 Å². The molecule has 0 unspecified atom stereocenters. The molecule has 0 saturated carbocycles. The summed E-state index contributed by atoms with van der Waals surface area (Å²) in [4.78, 5) is 24.4. The predicted molar refractivity (Wildman–Crippen MR) is 147 cm³/mol. The molecule has 0 saturated heterocycles. The van der Waals surface area contributed by atoms with Crippen molar-refractivity contribution in [1.82, 2.24) is 0 Å². The van der Waals surface area contributed by atoms with E-state index in [-0.39, 0.29) is 22.2 Å². The maximum atomic E-state index is 13.3. The fourth-order valence-corrected chi connectivity index (χ4v) is 5.30. The van der Waals surface area contributed by atoms with Crippen LogP contribution in [0.15, 0.2) is 66.7 Å². The zero-order valence-electron chi connectivity index (χ0n) is 22.0. The van der Waals surface area contributed by atoms with E-state index in [4.69, 9.17) is 5.11 Å². The number of aromatic carboxylic acids is 1. The van der Waals surface area contributed by atoms with Gasteiger partial charge in [-0.1, -0.05) is 75.7 Å². The van der Waals surface area contributed by atoms with E-state index in [9.17, 15) is 9.59 Å². The molecule has 0 atom stereocenters. The van der Waals surface area contributed by atoms with E-state index < -0.39 is 5.97 Å². The Morgan fingerprint density at radius 2 is 1.47 bits per heavy atom. The van der Waals surface area contributed by atoms with Crippen LogP contribution in [0, 0.1) is 6.92 Å². The summed E-state index contributed by atoms with van der Waals surface area (Å²) in [6, 6.07) is 19.5. The van der Waals surface area contributed by atoms with Crippen LogP contribution in [-0.2, 0) is 23.7 Å². The lowest BCUT2D eigenvalue weighted by Gasteiger charge is -2.43. The largest absolute Gasteiger partial charge is 0.478 e. The molecular formula is C33H36O3. The van der Waals surface area contributed by atoms with Gasteiger partial charge < -0.3 is 5.11 Å². The van der Waals surface area contributed by atoms with E-state index in [0.717, 1.165) is 36.8 Å². The van der Waals surface area contributed by atoms with Gasteiger partial charge in [0.05, 0.1) is 5.56 Å². The number of hydrogen-bond donors (Lipinski definition) is 1. The second-order valence-electron chi connectivity index (χ2n) is 11.4. The molecule has 0 radical (unpaired) electrons. The molecule has 3 heteroatoms. The molecule has 186 valence electrons. The van der Waals surface area contributed by atoms with Crippen molar-refractivity contribution in [2.45, 2.75) is 71.1 Å². The first-order valence-electron chi connectivity index (χ1n) is 12.8. The van der Waals surface area contributed by atoms with Gasteiger partial charge in [-0.25, -0.2) is 4.79 Å². The number of hydrogen-bond acceptors (Lipinski definition) is 2. The van der Waals surface area contributed by atoms with Crippen molar-refractivity contribution in [3.8, 4) is 0 Å². The standard InChI is InChI=1S/C33H36O3/c1-22-6-8-23(9-7-22)12-16-26-20-27(21-28-30(26)33(4,5)19-18-32(28,2)3)29(34)17-13-24-10-14-25(15-11-24)31(35)36/h6-11,13-15,17,20-21H,12,16,18-19H2,1-5H3,(H,35,36). The fourth-order valence-electron chi connectivity index (χ4n) is 5.30. The van der Waals surface area contributed by atoms with Crippen molar-refractivity contribution in [2.24, 2.45) is 0 Å². The van der Waals surface area contributed by atoms with Crippen LogP contribution in [0.4, 0.5) is 0 Å². The normalized spacial score (nSPS) is 16.0. The second kappa shape index (κ2) is 9.89. The first-order chi connectivity index (χ1) is 17.0. The molecule has 4 rings (SSSR count). The van der Waals surface area contributed by atoms with E-state index in [1.54, 1.807) is 36.4 Å². The molecule has 0 aromatic heterocycles. The summed E-state index contributed by atoms with van der Waals surface area (Å²) >= 11 is 0. The zero-order chi connectivity index (χ0) is 26.1. The van der Waals surface area contributed by atoms with Gasteiger partial charge in [0, 0.05) is 5.56 Å². The molecule has 1 N–H and O–H groups in total. The Kier molecular flexibility index (Phi) is 7.04. The lowest BCUT2D eigenvalue weighted by molar-refractivity contribution is 0.0696. The molecule has 0 aliphatic heterocycles. The van der Waals surface area contributed by atoms with Gasteiger partial charge in [0.25, 0.3) is 0 Å². The van der Waals surface area contributed by atoms with E-state index in [2.05, 4.69) is 71.0 Å². The summed E-state index contributed by atoms with van der Waals surface area (Å²) < 4.78 is 0. The Hall–Kier alpha value is -3.46. The average molecular weight is 481 g/mol. The van der Waals surface area contributed by atoms with Crippen molar-refractivity contribution in [3.05, 3.63) is 111 Å². The minimum absolute atomic E-state index is 0.0100. The first kappa shape index (κ1) is 25.6. The van der Waals surface area contributed by atoms with Crippen molar-refractivity contribution in [2.75, 3.05) is 0 Å². The number of allylic oxidation sites excluding steroid dienone is 1. The van der Waals surface area contributed by atoms with Crippen molar-refractivity contribution < 1.29 is 14.7 Å². The maximum Gasteiger partial charge on any atom is 0.335 e. The first-order valence-corrected chi connectivity index (χ1v) is 12.8. The minimum Gasteiger partial charge on any atom is -0.478 e. The monoisotopic (exact) mass is 480 g/mol. The molecule has 0 spiro atoms. The zero-order valence-corrected chi connectivity index (χ0v) is 22.0. The fraction of sp³-hybridized carbons (Fsp3) is 0.333. The summed E-state index contributed by atoms with van der Waals surface area (Å²) in [5.74, 6) is -0.991. The van der Waals surface area contributed by atoms with Gasteiger partial charge in [-0.3, -0.25) is 4.79 Å². The smallest absolute Gasteiger partial charge is 0.335 e. The lowest BCUT2D eigenvalue weighted by atomic mass is 9.61. The van der Waals surface area contributed by atoms with E-state index >= 15 is 0 Å². The van der Waals surface area contributed by atoms with Crippen LogP contribution >= 0.6 is 0 Å². The highest BCUT2D eigenvalue weighted by Gasteiger charge is 2.39. The van der Waals surface area contributed by atoms with Crippen molar-refractivity contribution in [3.63, 3.8) is 0 Å². The molecule has 0 bridgehead atoms. The number of aryl methyl sites for hydroxylation is 3. The van der Waals surface area contributed by atoms with Crippen LogP contribution in [0.25, 0.3) is 6.08 Å². The highest BCUT2D eigenvalue weighted by molar-refractivity contribution is 6.07. The van der Waals surface area contributed by atoms with Gasteiger partial charge in [0.15, 0.2) is 5.78 Å². The second-order valence-corrected chi connectivity index (χ2v) is 11.4. The Morgan fingerprint density at radius 3 is 2.11 bits per heavy atom. The molecule has 1 aliphatic rings. The highest BCUT2D eigenvalue weighted by atomic mass is 16.4. The topological polar surface area (TPSA) is 54.4 Å². The van der Waals surface area contributed by atoms with Gasteiger partial charge in [0.1, 0.15) is 0 Å². The van der Waals surface area contributed by atoms with Crippen LogP contribution in [0.3, 0.4) is 0 Å². The molecule has 36 heavy (non-hydrogen) atoms. The molecule has 0 heterocycles. The van der Waals surface area contributed by atoms with Crippen LogP contribution in [0.5, 0.6) is 0 Å². The molecule has 3 aromatic carbocycles. The Balaban J connectivity index is 1.69. The molecule has 1 aliphatic carbocycles. The number of rotatable bonds is 7. The summed E-state index contributed by atoms with van der Waals surface area (Å²) in [5, 5.41) is 9.10. The number of carboxylic acids is 1. The third-order valence-electron chi connectivity index (χ3n) is 7.67. The van der Waals surface area contributed by atoms with E-state index in [1.807, 2.05) is 0 Å². The summed E-state index contributed by atoms with van der Waals surface area (Å²) in [7, 11) is 0. The Morgan fingerprint density at radius 1 is 0.833 bits per heavy atom. The van der Waals surface area contributed by atoms with E-state index in [1.165, 1.54) is 27.8 Å². The third-order valence-corrected chi connectivity index (χ3v) is 7.67. The van der Waals surface area contributed by atoms with E-state index in [0.29, 0.717) is 0 Å². The number of carbonyl (C=O) groups is 2. The molecular weight excluding hydrogens is 444 g/mol. The number of fused-ring (bicyclic) bond motifs is 1. The van der Waals surface area contributed by atoms with Gasteiger partial charge >= 0.3 is 5.97 Å². The summed E-state index contributed by atoms with van der Waals surface area (Å²) in [5.41, 5.74) is 8.37. The van der Waals surface area contributed by atoms with Gasteiger partial charge in [0.2, 0.25) is 0 Å². The molecule has 3 aromatic rings. The van der Waals surface area contributed by atoms with Gasteiger partial charge in [-0.2, -0.15) is 0 Å². The quantitative estimate of drug-likeness (QED) is 0.278.